The summed E-state index contributed by atoms with van der Waals surface area (Å²) in [4.78, 5) is 23.4. The van der Waals surface area contributed by atoms with Gasteiger partial charge in [-0.1, -0.05) is 15.9 Å². The van der Waals surface area contributed by atoms with Crippen LogP contribution >= 0.6 is 15.9 Å². The van der Waals surface area contributed by atoms with Crippen molar-refractivity contribution in [2.75, 3.05) is 11.9 Å². The van der Waals surface area contributed by atoms with Crippen molar-refractivity contribution in [1.29, 1.82) is 0 Å². The predicted octanol–water partition coefficient (Wildman–Crippen LogP) is 3.41. The highest BCUT2D eigenvalue weighted by Gasteiger charge is 2.27. The lowest BCUT2D eigenvalue weighted by Crippen LogP contribution is -2.43. The van der Waals surface area contributed by atoms with Gasteiger partial charge in [-0.25, -0.2) is 0 Å². The molecule has 4 nitrogen and oxygen atoms in total. The molecule has 0 saturated carbocycles. The van der Waals surface area contributed by atoms with Crippen LogP contribution in [0.15, 0.2) is 30.6 Å². The van der Waals surface area contributed by atoms with Gasteiger partial charge in [0, 0.05) is 35.9 Å². The van der Waals surface area contributed by atoms with Gasteiger partial charge in [-0.3, -0.25) is 14.8 Å². The standard InChI is InChI=1S/C16H18BrN3O/c17-7-6-13-3-1-2-10-20(13)16(21)12-4-5-14-15(11-12)19-9-8-18-14/h4-5,8-9,11,13H,1-3,6-7,10H2. The summed E-state index contributed by atoms with van der Waals surface area (Å²) in [5.74, 6) is 0.119. The van der Waals surface area contributed by atoms with Crippen LogP contribution in [0.4, 0.5) is 0 Å². The SMILES string of the molecule is O=C(c1ccc2nccnc2c1)N1CCCCC1CCBr. The minimum Gasteiger partial charge on any atom is -0.336 e. The molecule has 2 aromatic rings. The minimum absolute atomic E-state index is 0.119. The topological polar surface area (TPSA) is 46.1 Å². The molecule has 1 amide bonds. The summed E-state index contributed by atoms with van der Waals surface area (Å²) in [5.41, 5.74) is 2.31. The lowest BCUT2D eigenvalue weighted by Gasteiger charge is -2.35. The minimum atomic E-state index is 0.119. The molecule has 2 heterocycles. The van der Waals surface area contributed by atoms with Crippen molar-refractivity contribution in [3.05, 3.63) is 36.2 Å². The molecule has 1 aliphatic heterocycles. The van der Waals surface area contributed by atoms with E-state index in [1.807, 2.05) is 23.1 Å². The molecule has 1 aromatic heterocycles. The van der Waals surface area contributed by atoms with Gasteiger partial charge in [0.2, 0.25) is 0 Å². The van der Waals surface area contributed by atoms with E-state index < -0.39 is 0 Å². The first-order valence-electron chi connectivity index (χ1n) is 7.37. The number of carbonyl (C=O) groups excluding carboxylic acids is 1. The zero-order chi connectivity index (χ0) is 14.7. The molecule has 1 aromatic carbocycles. The zero-order valence-corrected chi connectivity index (χ0v) is 13.4. The van der Waals surface area contributed by atoms with E-state index in [1.54, 1.807) is 12.4 Å². The number of likely N-dealkylation sites (tertiary alicyclic amines) is 1. The van der Waals surface area contributed by atoms with E-state index in [0.717, 1.165) is 42.2 Å². The molecule has 3 rings (SSSR count). The summed E-state index contributed by atoms with van der Waals surface area (Å²) in [5, 5.41) is 0.935. The largest absolute Gasteiger partial charge is 0.336 e. The number of nitrogens with zero attached hydrogens (tertiary/aromatic N) is 3. The molecular weight excluding hydrogens is 330 g/mol. The molecule has 110 valence electrons. The second-order valence-electron chi connectivity index (χ2n) is 5.39. The maximum Gasteiger partial charge on any atom is 0.254 e. The lowest BCUT2D eigenvalue weighted by molar-refractivity contribution is 0.0610. The second-order valence-corrected chi connectivity index (χ2v) is 6.18. The van der Waals surface area contributed by atoms with Gasteiger partial charge in [0.15, 0.2) is 0 Å². The Kier molecular flexibility index (Phi) is 4.48. The molecule has 0 aliphatic carbocycles. The molecule has 0 spiro atoms. The third kappa shape index (κ3) is 3.07. The normalized spacial score (nSPS) is 18.9. The molecule has 1 aliphatic rings. The first kappa shape index (κ1) is 14.4. The predicted molar refractivity (Wildman–Crippen MR) is 86.6 cm³/mol. The van der Waals surface area contributed by atoms with Gasteiger partial charge in [-0.15, -0.1) is 0 Å². The fourth-order valence-corrected chi connectivity index (χ4v) is 3.48. The van der Waals surface area contributed by atoms with Crippen molar-refractivity contribution in [3.63, 3.8) is 0 Å². The number of rotatable bonds is 3. The molecule has 1 fully saturated rings. The van der Waals surface area contributed by atoms with Gasteiger partial charge in [-0.05, 0) is 43.9 Å². The number of benzene rings is 1. The Bertz CT molecular complexity index is 644. The maximum absolute atomic E-state index is 12.8. The highest BCUT2D eigenvalue weighted by atomic mass is 79.9. The average molecular weight is 348 g/mol. The highest BCUT2D eigenvalue weighted by Crippen LogP contribution is 2.23. The first-order chi connectivity index (χ1) is 10.3. The van der Waals surface area contributed by atoms with E-state index in [-0.39, 0.29) is 5.91 Å². The molecule has 1 atom stereocenters. The monoisotopic (exact) mass is 347 g/mol. The number of alkyl halides is 1. The third-order valence-corrected chi connectivity index (χ3v) is 4.50. The first-order valence-corrected chi connectivity index (χ1v) is 8.49. The Morgan fingerprint density at radius 2 is 2.05 bits per heavy atom. The fourth-order valence-electron chi connectivity index (χ4n) is 2.96. The van der Waals surface area contributed by atoms with Crippen molar-refractivity contribution in [2.45, 2.75) is 31.7 Å². The van der Waals surface area contributed by atoms with Crippen LogP contribution in [0.25, 0.3) is 11.0 Å². The van der Waals surface area contributed by atoms with Crippen molar-refractivity contribution >= 4 is 32.9 Å². The number of amides is 1. The summed E-state index contributed by atoms with van der Waals surface area (Å²) in [7, 11) is 0. The van der Waals surface area contributed by atoms with E-state index >= 15 is 0 Å². The highest BCUT2D eigenvalue weighted by molar-refractivity contribution is 9.09. The van der Waals surface area contributed by atoms with Crippen LogP contribution in [0.3, 0.4) is 0 Å². The van der Waals surface area contributed by atoms with E-state index in [2.05, 4.69) is 25.9 Å². The van der Waals surface area contributed by atoms with Crippen molar-refractivity contribution in [1.82, 2.24) is 14.9 Å². The van der Waals surface area contributed by atoms with Gasteiger partial charge < -0.3 is 4.90 Å². The van der Waals surface area contributed by atoms with Gasteiger partial charge in [-0.2, -0.15) is 0 Å². The number of hydrogen-bond acceptors (Lipinski definition) is 3. The summed E-state index contributed by atoms with van der Waals surface area (Å²) >= 11 is 3.49. The Hall–Kier alpha value is -1.49. The van der Waals surface area contributed by atoms with E-state index in [0.29, 0.717) is 11.6 Å². The fraction of sp³-hybridized carbons (Fsp3) is 0.438. The smallest absolute Gasteiger partial charge is 0.254 e. The van der Waals surface area contributed by atoms with Gasteiger partial charge in [0.1, 0.15) is 0 Å². The summed E-state index contributed by atoms with van der Waals surface area (Å²) in [6.45, 7) is 0.856. The molecule has 0 radical (unpaired) electrons. The molecule has 5 heteroatoms. The zero-order valence-electron chi connectivity index (χ0n) is 11.8. The van der Waals surface area contributed by atoms with E-state index in [4.69, 9.17) is 0 Å². The molecule has 21 heavy (non-hydrogen) atoms. The van der Waals surface area contributed by atoms with Crippen LogP contribution < -0.4 is 0 Å². The van der Waals surface area contributed by atoms with Crippen molar-refractivity contribution in [3.8, 4) is 0 Å². The number of aromatic nitrogens is 2. The maximum atomic E-state index is 12.8. The molecule has 0 bridgehead atoms. The quantitative estimate of drug-likeness (QED) is 0.799. The average Bonchev–Trinajstić information content (AvgIpc) is 2.54. The Morgan fingerprint density at radius 1 is 1.24 bits per heavy atom. The number of halogens is 1. The van der Waals surface area contributed by atoms with Gasteiger partial charge >= 0.3 is 0 Å². The number of piperidine rings is 1. The molecular formula is C16H18BrN3O. The summed E-state index contributed by atoms with van der Waals surface area (Å²) in [6.07, 6.45) is 7.75. The van der Waals surface area contributed by atoms with Crippen LogP contribution in [0.2, 0.25) is 0 Å². The second kappa shape index (κ2) is 6.52. The van der Waals surface area contributed by atoms with Crippen molar-refractivity contribution in [2.24, 2.45) is 0 Å². The van der Waals surface area contributed by atoms with Gasteiger partial charge in [0.25, 0.3) is 5.91 Å². The number of hydrogen-bond donors (Lipinski definition) is 0. The van der Waals surface area contributed by atoms with E-state index in [1.165, 1.54) is 6.42 Å². The van der Waals surface area contributed by atoms with Crippen LogP contribution in [0.1, 0.15) is 36.0 Å². The molecule has 1 unspecified atom stereocenters. The number of carbonyl (C=O) groups is 1. The lowest BCUT2D eigenvalue weighted by atomic mass is 9.99. The Labute approximate surface area is 132 Å². The van der Waals surface area contributed by atoms with Gasteiger partial charge in [0.05, 0.1) is 11.0 Å². The molecule has 0 N–H and O–H groups in total. The van der Waals surface area contributed by atoms with E-state index in [9.17, 15) is 4.79 Å². The van der Waals surface area contributed by atoms with Crippen LogP contribution in [-0.2, 0) is 0 Å². The van der Waals surface area contributed by atoms with Crippen LogP contribution in [0, 0.1) is 0 Å². The Balaban J connectivity index is 1.87. The Morgan fingerprint density at radius 3 is 2.86 bits per heavy atom. The number of fused-ring (bicyclic) bond motifs is 1. The molecule has 1 saturated heterocycles. The van der Waals surface area contributed by atoms with Crippen molar-refractivity contribution < 1.29 is 4.79 Å². The van der Waals surface area contributed by atoms with Crippen LogP contribution in [0.5, 0.6) is 0 Å². The van der Waals surface area contributed by atoms with Crippen LogP contribution in [-0.4, -0.2) is 38.7 Å². The third-order valence-electron chi connectivity index (χ3n) is 4.05. The summed E-state index contributed by atoms with van der Waals surface area (Å²) < 4.78 is 0. The summed E-state index contributed by atoms with van der Waals surface area (Å²) in [6, 6.07) is 5.94.